The van der Waals surface area contributed by atoms with Crippen molar-refractivity contribution in [3.63, 3.8) is 0 Å². The average molecular weight is 199 g/mol. The molecule has 0 bridgehead atoms. The first kappa shape index (κ1) is 9.77. The van der Waals surface area contributed by atoms with Gasteiger partial charge in [-0.05, 0) is 33.1 Å². The zero-order valence-electron chi connectivity index (χ0n) is 8.91. The van der Waals surface area contributed by atoms with Gasteiger partial charge in [0, 0.05) is 6.04 Å². The Morgan fingerprint density at radius 2 is 2.14 bits per heavy atom. The van der Waals surface area contributed by atoms with Crippen LogP contribution in [0.3, 0.4) is 0 Å². The summed E-state index contributed by atoms with van der Waals surface area (Å²) in [5.41, 5.74) is -1.94. The lowest BCUT2D eigenvalue weighted by Gasteiger charge is -2.36. The molecular formula is C10H17NO3. The maximum Gasteiger partial charge on any atom is 0.413 e. The van der Waals surface area contributed by atoms with Gasteiger partial charge in [-0.25, -0.2) is 4.79 Å². The third kappa shape index (κ3) is 1.06. The van der Waals surface area contributed by atoms with Gasteiger partial charge >= 0.3 is 6.09 Å². The van der Waals surface area contributed by atoms with Crippen molar-refractivity contribution in [2.24, 2.45) is 0 Å². The van der Waals surface area contributed by atoms with E-state index in [1.165, 1.54) is 4.90 Å². The van der Waals surface area contributed by atoms with Crippen LogP contribution in [0.5, 0.6) is 0 Å². The molecule has 0 radical (unpaired) electrons. The molecule has 0 aromatic carbocycles. The number of nitrogens with zero attached hydrogens (tertiary/aromatic N) is 1. The number of carbonyl (C=O) groups excluding carboxylic acids is 1. The molecule has 2 aliphatic rings. The van der Waals surface area contributed by atoms with Gasteiger partial charge in [0.2, 0.25) is 0 Å². The Morgan fingerprint density at radius 1 is 1.57 bits per heavy atom. The maximum atomic E-state index is 11.6. The first-order valence-corrected chi connectivity index (χ1v) is 5.17. The van der Waals surface area contributed by atoms with Crippen LogP contribution in [0.4, 0.5) is 4.79 Å². The van der Waals surface area contributed by atoms with Crippen molar-refractivity contribution in [1.82, 2.24) is 4.90 Å². The quantitative estimate of drug-likeness (QED) is 0.732. The van der Waals surface area contributed by atoms with Crippen LogP contribution in [-0.2, 0) is 4.74 Å². The Bertz CT molecular complexity index is 273. The van der Waals surface area contributed by atoms with E-state index in [1.807, 2.05) is 6.92 Å². The van der Waals surface area contributed by atoms with Crippen molar-refractivity contribution in [3.8, 4) is 0 Å². The fourth-order valence-electron chi connectivity index (χ4n) is 2.02. The normalized spacial score (nSPS) is 42.9. The van der Waals surface area contributed by atoms with Crippen molar-refractivity contribution in [2.45, 2.75) is 57.4 Å². The van der Waals surface area contributed by atoms with Gasteiger partial charge in [-0.1, -0.05) is 6.92 Å². The molecule has 2 rings (SSSR count). The number of hydrogen-bond acceptors (Lipinski definition) is 3. The lowest BCUT2D eigenvalue weighted by molar-refractivity contribution is -0.139. The minimum Gasteiger partial charge on any atom is -0.438 e. The highest BCUT2D eigenvalue weighted by atomic mass is 16.6. The summed E-state index contributed by atoms with van der Waals surface area (Å²) in [4.78, 5) is 13.1. The molecule has 4 heteroatoms. The molecule has 1 N–H and O–H groups in total. The van der Waals surface area contributed by atoms with E-state index in [9.17, 15) is 9.90 Å². The molecule has 1 aliphatic carbocycles. The second-order valence-corrected chi connectivity index (χ2v) is 4.57. The maximum absolute atomic E-state index is 11.6. The van der Waals surface area contributed by atoms with Crippen molar-refractivity contribution >= 4 is 6.09 Å². The number of cyclic esters (lactones) is 1. The monoisotopic (exact) mass is 199 g/mol. The fourth-order valence-corrected chi connectivity index (χ4v) is 2.02. The predicted molar refractivity (Wildman–Crippen MR) is 50.7 cm³/mol. The molecule has 80 valence electrons. The number of rotatable bonds is 2. The third-order valence-electron chi connectivity index (χ3n) is 3.57. The summed E-state index contributed by atoms with van der Waals surface area (Å²) in [6.45, 7) is 5.37. The van der Waals surface area contributed by atoms with Gasteiger partial charge < -0.3 is 9.84 Å². The Morgan fingerprint density at radius 3 is 2.50 bits per heavy atom. The van der Waals surface area contributed by atoms with Gasteiger partial charge in [0.05, 0.1) is 0 Å². The molecular weight excluding hydrogens is 182 g/mol. The first-order chi connectivity index (χ1) is 6.42. The Balaban J connectivity index is 2.31. The molecule has 4 nitrogen and oxygen atoms in total. The zero-order chi connectivity index (χ0) is 10.6. The van der Waals surface area contributed by atoms with Gasteiger partial charge in [-0.3, -0.25) is 4.90 Å². The molecule has 1 aliphatic heterocycles. The molecule has 14 heavy (non-hydrogen) atoms. The van der Waals surface area contributed by atoms with E-state index in [0.29, 0.717) is 6.42 Å². The summed E-state index contributed by atoms with van der Waals surface area (Å²) < 4.78 is 5.26. The molecule has 0 aromatic heterocycles. The zero-order valence-corrected chi connectivity index (χ0v) is 8.91. The standard InChI is InChI=1S/C10H17NO3/c1-4-9(2)10(3,13)11(7-5-6-7)8(12)14-9/h7,13H,4-6H2,1-3H3/t9-,10+/m1/s1. The third-order valence-corrected chi connectivity index (χ3v) is 3.57. The number of carbonyl (C=O) groups is 1. The van der Waals surface area contributed by atoms with Crippen molar-refractivity contribution in [1.29, 1.82) is 0 Å². The molecule has 2 fully saturated rings. The molecule has 2 atom stereocenters. The highest BCUT2D eigenvalue weighted by Crippen LogP contribution is 2.45. The Hall–Kier alpha value is -0.770. The van der Waals surface area contributed by atoms with Gasteiger partial charge in [-0.2, -0.15) is 0 Å². The van der Waals surface area contributed by atoms with E-state index in [2.05, 4.69) is 0 Å². The summed E-state index contributed by atoms with van der Waals surface area (Å²) >= 11 is 0. The molecule has 1 saturated heterocycles. The first-order valence-electron chi connectivity index (χ1n) is 5.17. The summed E-state index contributed by atoms with van der Waals surface area (Å²) in [5, 5.41) is 10.3. The second kappa shape index (κ2) is 2.63. The lowest BCUT2D eigenvalue weighted by atomic mass is 9.91. The van der Waals surface area contributed by atoms with Crippen LogP contribution in [0.2, 0.25) is 0 Å². The van der Waals surface area contributed by atoms with Crippen LogP contribution < -0.4 is 0 Å². The van der Waals surface area contributed by atoms with E-state index >= 15 is 0 Å². The molecule has 0 spiro atoms. The molecule has 1 saturated carbocycles. The van der Waals surface area contributed by atoms with E-state index in [0.717, 1.165) is 12.8 Å². The van der Waals surface area contributed by atoms with Crippen molar-refractivity contribution in [3.05, 3.63) is 0 Å². The highest BCUT2D eigenvalue weighted by Gasteiger charge is 2.61. The number of aliphatic hydroxyl groups is 1. The fraction of sp³-hybridized carbons (Fsp3) is 0.900. The Labute approximate surface area is 83.8 Å². The number of ether oxygens (including phenoxy) is 1. The van der Waals surface area contributed by atoms with Gasteiger partial charge in [0.25, 0.3) is 0 Å². The number of hydrogen-bond donors (Lipinski definition) is 1. The molecule has 0 aromatic rings. The lowest BCUT2D eigenvalue weighted by Crippen LogP contribution is -2.55. The molecule has 1 amide bonds. The van der Waals surface area contributed by atoms with Crippen LogP contribution in [-0.4, -0.2) is 33.5 Å². The van der Waals surface area contributed by atoms with Crippen LogP contribution in [0.25, 0.3) is 0 Å². The van der Waals surface area contributed by atoms with Crippen molar-refractivity contribution in [2.75, 3.05) is 0 Å². The largest absolute Gasteiger partial charge is 0.438 e. The number of amides is 1. The molecule has 1 heterocycles. The molecule has 0 unspecified atom stereocenters. The van der Waals surface area contributed by atoms with Gasteiger partial charge in [0.15, 0.2) is 11.3 Å². The van der Waals surface area contributed by atoms with Crippen molar-refractivity contribution < 1.29 is 14.6 Å². The van der Waals surface area contributed by atoms with Crippen LogP contribution in [0.15, 0.2) is 0 Å². The van der Waals surface area contributed by atoms with E-state index < -0.39 is 11.3 Å². The van der Waals surface area contributed by atoms with E-state index in [4.69, 9.17) is 4.74 Å². The Kier molecular flexibility index (Phi) is 1.83. The smallest absolute Gasteiger partial charge is 0.413 e. The summed E-state index contributed by atoms with van der Waals surface area (Å²) in [6.07, 6.45) is 2.20. The van der Waals surface area contributed by atoms with Crippen LogP contribution in [0.1, 0.15) is 40.0 Å². The minimum atomic E-state index is -1.17. The van der Waals surface area contributed by atoms with Gasteiger partial charge in [0.1, 0.15) is 0 Å². The SMILES string of the molecule is CC[C@@]1(C)OC(=O)N(C2CC2)[C@@]1(C)O. The highest BCUT2D eigenvalue weighted by molar-refractivity contribution is 5.73. The summed E-state index contributed by atoms with van der Waals surface area (Å²) in [7, 11) is 0. The van der Waals surface area contributed by atoms with Crippen LogP contribution in [0, 0.1) is 0 Å². The predicted octanol–water partition coefficient (Wildman–Crippen LogP) is 1.48. The van der Waals surface area contributed by atoms with E-state index in [-0.39, 0.29) is 12.1 Å². The van der Waals surface area contributed by atoms with Crippen LogP contribution >= 0.6 is 0 Å². The topological polar surface area (TPSA) is 49.8 Å². The average Bonchev–Trinajstić information content (AvgIpc) is 2.84. The minimum absolute atomic E-state index is 0.186. The summed E-state index contributed by atoms with van der Waals surface area (Å²) in [6, 6.07) is 0.186. The van der Waals surface area contributed by atoms with Gasteiger partial charge in [-0.15, -0.1) is 0 Å². The van der Waals surface area contributed by atoms with E-state index in [1.54, 1.807) is 13.8 Å². The second-order valence-electron chi connectivity index (χ2n) is 4.57. The summed E-state index contributed by atoms with van der Waals surface area (Å²) in [5.74, 6) is 0.